The van der Waals surface area contributed by atoms with E-state index in [1.807, 2.05) is 4.90 Å². The maximum atomic E-state index is 12.2. The molecule has 16 heavy (non-hydrogen) atoms. The van der Waals surface area contributed by atoms with Crippen molar-refractivity contribution in [2.75, 3.05) is 13.1 Å². The maximum Gasteiger partial charge on any atom is 0.245 e. The molecule has 2 fully saturated rings. The summed E-state index contributed by atoms with van der Waals surface area (Å²) in [5.74, 6) is 0.0423. The lowest BCUT2D eigenvalue weighted by Crippen LogP contribution is -2.53. The highest BCUT2D eigenvalue weighted by Gasteiger charge is 2.34. The zero-order valence-corrected chi connectivity index (χ0v) is 9.45. The van der Waals surface area contributed by atoms with Gasteiger partial charge in [0.2, 0.25) is 11.8 Å². The van der Waals surface area contributed by atoms with Crippen LogP contribution in [0.5, 0.6) is 0 Å². The lowest BCUT2D eigenvalue weighted by molar-refractivity contribution is -0.137. The van der Waals surface area contributed by atoms with Crippen molar-refractivity contribution in [3.8, 4) is 0 Å². The van der Waals surface area contributed by atoms with Gasteiger partial charge in [0, 0.05) is 25.6 Å². The number of hydrogen-bond donors (Lipinski definition) is 2. The highest BCUT2D eigenvalue weighted by Crippen LogP contribution is 2.19. The van der Waals surface area contributed by atoms with E-state index in [9.17, 15) is 9.59 Å². The van der Waals surface area contributed by atoms with Gasteiger partial charge in [-0.15, -0.1) is 0 Å². The Hall–Kier alpha value is -1.10. The molecule has 0 aromatic heterocycles. The van der Waals surface area contributed by atoms with Gasteiger partial charge in [0.15, 0.2) is 0 Å². The SMILES string of the molecule is NCC1CCCCN1C(=O)C1CCC(=O)N1. The number of amides is 2. The number of nitrogens with two attached hydrogens (primary N) is 1. The highest BCUT2D eigenvalue weighted by atomic mass is 16.2. The van der Waals surface area contributed by atoms with Crippen LogP contribution < -0.4 is 11.1 Å². The van der Waals surface area contributed by atoms with Crippen molar-refractivity contribution in [3.05, 3.63) is 0 Å². The molecule has 0 spiro atoms. The first kappa shape index (κ1) is 11.4. The quantitative estimate of drug-likeness (QED) is 0.671. The molecule has 2 aliphatic rings. The Balaban J connectivity index is 1.99. The van der Waals surface area contributed by atoms with E-state index < -0.39 is 0 Å². The Bertz CT molecular complexity index is 293. The summed E-state index contributed by atoms with van der Waals surface area (Å²) in [6, 6.07) is -0.140. The summed E-state index contributed by atoms with van der Waals surface area (Å²) >= 11 is 0. The fourth-order valence-electron chi connectivity index (χ4n) is 2.54. The zero-order valence-electron chi connectivity index (χ0n) is 9.45. The predicted molar refractivity (Wildman–Crippen MR) is 59.6 cm³/mol. The topological polar surface area (TPSA) is 75.4 Å². The van der Waals surface area contributed by atoms with E-state index in [1.165, 1.54) is 0 Å². The van der Waals surface area contributed by atoms with E-state index in [0.29, 0.717) is 19.4 Å². The van der Waals surface area contributed by atoms with Gasteiger partial charge < -0.3 is 16.0 Å². The molecular formula is C11H19N3O2. The summed E-state index contributed by atoms with van der Waals surface area (Å²) < 4.78 is 0. The second-order valence-electron chi connectivity index (χ2n) is 4.58. The van der Waals surface area contributed by atoms with Crippen LogP contribution >= 0.6 is 0 Å². The van der Waals surface area contributed by atoms with Gasteiger partial charge in [-0.25, -0.2) is 0 Å². The second-order valence-corrected chi connectivity index (χ2v) is 4.58. The molecule has 0 aromatic carbocycles. The van der Waals surface area contributed by atoms with E-state index >= 15 is 0 Å². The number of nitrogens with one attached hydrogen (secondary N) is 1. The average Bonchev–Trinajstić information content (AvgIpc) is 2.75. The third-order valence-electron chi connectivity index (χ3n) is 3.48. The van der Waals surface area contributed by atoms with Crippen molar-refractivity contribution >= 4 is 11.8 Å². The Morgan fingerprint density at radius 2 is 2.25 bits per heavy atom. The van der Waals surface area contributed by atoms with Gasteiger partial charge in [-0.05, 0) is 25.7 Å². The van der Waals surface area contributed by atoms with Crippen LogP contribution in [0, 0.1) is 0 Å². The highest BCUT2D eigenvalue weighted by molar-refractivity contribution is 5.91. The predicted octanol–water partition coefficient (Wildman–Crippen LogP) is -0.395. The van der Waals surface area contributed by atoms with Crippen LogP contribution in [0.15, 0.2) is 0 Å². The van der Waals surface area contributed by atoms with Gasteiger partial charge in [-0.1, -0.05) is 0 Å². The number of likely N-dealkylation sites (tertiary alicyclic amines) is 1. The van der Waals surface area contributed by atoms with E-state index in [-0.39, 0.29) is 23.9 Å². The standard InChI is InChI=1S/C11H19N3O2/c12-7-8-3-1-2-6-14(8)11(16)9-4-5-10(15)13-9/h8-9H,1-7,12H2,(H,13,15). The first-order chi connectivity index (χ1) is 7.72. The molecule has 0 radical (unpaired) electrons. The number of carbonyl (C=O) groups excluding carboxylic acids is 2. The molecule has 2 saturated heterocycles. The molecule has 3 N–H and O–H groups in total. The molecule has 2 atom stereocenters. The Labute approximate surface area is 95.3 Å². The molecule has 5 heteroatoms. The van der Waals surface area contributed by atoms with Crippen molar-refractivity contribution in [2.24, 2.45) is 5.73 Å². The lowest BCUT2D eigenvalue weighted by atomic mass is 10.0. The monoisotopic (exact) mass is 225 g/mol. The van der Waals surface area contributed by atoms with Gasteiger partial charge >= 0.3 is 0 Å². The van der Waals surface area contributed by atoms with Crippen LogP contribution in [0.1, 0.15) is 32.1 Å². The van der Waals surface area contributed by atoms with Gasteiger partial charge in [0.25, 0.3) is 0 Å². The van der Waals surface area contributed by atoms with E-state index in [4.69, 9.17) is 5.73 Å². The van der Waals surface area contributed by atoms with Crippen LogP contribution in [0.3, 0.4) is 0 Å². The van der Waals surface area contributed by atoms with Crippen LogP contribution in [0.2, 0.25) is 0 Å². The summed E-state index contributed by atoms with van der Waals surface area (Å²) in [5.41, 5.74) is 5.68. The summed E-state index contributed by atoms with van der Waals surface area (Å²) in [4.78, 5) is 25.1. The minimum Gasteiger partial charge on any atom is -0.344 e. The molecule has 0 aliphatic carbocycles. The minimum atomic E-state index is -0.306. The lowest BCUT2D eigenvalue weighted by Gasteiger charge is -2.36. The molecule has 2 rings (SSSR count). The van der Waals surface area contributed by atoms with Crippen molar-refractivity contribution in [1.82, 2.24) is 10.2 Å². The minimum absolute atomic E-state index is 0.0142. The number of carbonyl (C=O) groups is 2. The van der Waals surface area contributed by atoms with Crippen LogP contribution in [-0.4, -0.2) is 41.9 Å². The Morgan fingerprint density at radius 1 is 1.44 bits per heavy atom. The fraction of sp³-hybridized carbons (Fsp3) is 0.818. The molecule has 0 bridgehead atoms. The number of rotatable bonds is 2. The largest absolute Gasteiger partial charge is 0.344 e. The molecule has 2 unspecified atom stereocenters. The molecule has 2 aliphatic heterocycles. The van der Waals surface area contributed by atoms with E-state index in [2.05, 4.69) is 5.32 Å². The normalized spacial score (nSPS) is 30.3. The molecule has 2 amide bonds. The van der Waals surface area contributed by atoms with Crippen molar-refractivity contribution < 1.29 is 9.59 Å². The maximum absolute atomic E-state index is 12.2. The second kappa shape index (κ2) is 4.82. The molecule has 5 nitrogen and oxygen atoms in total. The van der Waals surface area contributed by atoms with Crippen LogP contribution in [-0.2, 0) is 9.59 Å². The van der Waals surface area contributed by atoms with Gasteiger partial charge in [0.1, 0.15) is 6.04 Å². The van der Waals surface area contributed by atoms with Gasteiger partial charge in [-0.3, -0.25) is 9.59 Å². The van der Waals surface area contributed by atoms with Crippen LogP contribution in [0.25, 0.3) is 0 Å². The molecule has 0 saturated carbocycles. The summed E-state index contributed by atoms with van der Waals surface area (Å²) in [7, 11) is 0. The number of hydrogen-bond acceptors (Lipinski definition) is 3. The van der Waals surface area contributed by atoms with Gasteiger partial charge in [-0.2, -0.15) is 0 Å². The van der Waals surface area contributed by atoms with Gasteiger partial charge in [0.05, 0.1) is 0 Å². The molecule has 2 heterocycles. The summed E-state index contributed by atoms with van der Waals surface area (Å²) in [6.45, 7) is 1.31. The van der Waals surface area contributed by atoms with E-state index in [1.54, 1.807) is 0 Å². The summed E-state index contributed by atoms with van der Waals surface area (Å²) in [6.07, 6.45) is 4.28. The van der Waals surface area contributed by atoms with Crippen LogP contribution in [0.4, 0.5) is 0 Å². The summed E-state index contributed by atoms with van der Waals surface area (Å²) in [5, 5.41) is 2.72. The first-order valence-corrected chi connectivity index (χ1v) is 6.02. The third-order valence-corrected chi connectivity index (χ3v) is 3.48. The molecular weight excluding hydrogens is 206 g/mol. The molecule has 0 aromatic rings. The number of piperidine rings is 1. The number of nitrogens with zero attached hydrogens (tertiary/aromatic N) is 1. The fourth-order valence-corrected chi connectivity index (χ4v) is 2.54. The third kappa shape index (κ3) is 2.19. The Kier molecular flexibility index (Phi) is 3.43. The van der Waals surface area contributed by atoms with Crippen molar-refractivity contribution in [2.45, 2.75) is 44.2 Å². The first-order valence-electron chi connectivity index (χ1n) is 6.02. The molecule has 90 valence electrons. The van der Waals surface area contributed by atoms with E-state index in [0.717, 1.165) is 25.8 Å². The van der Waals surface area contributed by atoms with Crippen molar-refractivity contribution in [1.29, 1.82) is 0 Å². The smallest absolute Gasteiger partial charge is 0.245 e. The average molecular weight is 225 g/mol. The zero-order chi connectivity index (χ0) is 11.5. The Morgan fingerprint density at radius 3 is 2.88 bits per heavy atom. The van der Waals surface area contributed by atoms with Crippen molar-refractivity contribution in [3.63, 3.8) is 0 Å².